The van der Waals surface area contributed by atoms with Gasteiger partial charge in [0.1, 0.15) is 5.75 Å². The standard InChI is InChI=1S/C15H21N3O4S/c1-16-23(20,21)10-14(19)22-13-6-4-5-12-15(13)11(9-17-12)7-8-18(2)3/h4-6,9,16-17H,7-8,10H2,1-3H3. The first kappa shape index (κ1) is 17.5. The number of esters is 1. The average Bonchev–Trinajstić information content (AvgIpc) is 2.89. The Labute approximate surface area is 135 Å². The van der Waals surface area contributed by atoms with Gasteiger partial charge in [-0.1, -0.05) is 6.07 Å². The molecule has 1 aromatic heterocycles. The summed E-state index contributed by atoms with van der Waals surface area (Å²) in [6.07, 6.45) is 2.67. The predicted octanol–water partition coefficient (Wildman–Crippen LogP) is 0.727. The third-order valence-corrected chi connectivity index (χ3v) is 4.66. The Morgan fingerprint density at radius 2 is 2.09 bits per heavy atom. The molecule has 8 heteroatoms. The Bertz CT molecular complexity index is 796. The normalized spacial score (nSPS) is 12.0. The number of sulfonamides is 1. The van der Waals surface area contributed by atoms with E-state index in [-0.39, 0.29) is 0 Å². The Balaban J connectivity index is 2.26. The number of nitrogens with one attached hydrogen (secondary N) is 2. The number of nitrogens with zero attached hydrogens (tertiary/aromatic N) is 1. The highest BCUT2D eigenvalue weighted by Crippen LogP contribution is 2.29. The van der Waals surface area contributed by atoms with E-state index in [1.165, 1.54) is 7.05 Å². The number of H-pyrrole nitrogens is 1. The number of hydrogen-bond donors (Lipinski definition) is 2. The van der Waals surface area contributed by atoms with E-state index in [1.54, 1.807) is 12.1 Å². The molecule has 0 aliphatic carbocycles. The molecule has 1 aromatic carbocycles. The zero-order valence-electron chi connectivity index (χ0n) is 13.4. The third kappa shape index (κ3) is 4.54. The highest BCUT2D eigenvalue weighted by atomic mass is 32.2. The van der Waals surface area contributed by atoms with Gasteiger partial charge in [0.05, 0.1) is 0 Å². The molecule has 0 bridgehead atoms. The number of benzene rings is 1. The summed E-state index contributed by atoms with van der Waals surface area (Å²) < 4.78 is 30.2. The molecule has 0 saturated heterocycles. The van der Waals surface area contributed by atoms with Crippen molar-refractivity contribution in [3.8, 4) is 5.75 Å². The average molecular weight is 339 g/mol. The maximum Gasteiger partial charge on any atom is 0.327 e. The van der Waals surface area contributed by atoms with Crippen molar-refractivity contribution in [2.75, 3.05) is 33.4 Å². The molecule has 0 aliphatic heterocycles. The molecule has 2 aromatic rings. The van der Waals surface area contributed by atoms with Gasteiger partial charge in [0.15, 0.2) is 5.75 Å². The van der Waals surface area contributed by atoms with E-state index in [4.69, 9.17) is 4.74 Å². The van der Waals surface area contributed by atoms with Crippen molar-refractivity contribution in [2.45, 2.75) is 6.42 Å². The van der Waals surface area contributed by atoms with Crippen LogP contribution in [0.1, 0.15) is 5.56 Å². The van der Waals surface area contributed by atoms with E-state index in [1.807, 2.05) is 26.4 Å². The van der Waals surface area contributed by atoms with Crippen molar-refractivity contribution in [1.29, 1.82) is 0 Å². The van der Waals surface area contributed by atoms with Crippen LogP contribution < -0.4 is 9.46 Å². The van der Waals surface area contributed by atoms with Gasteiger partial charge in [-0.25, -0.2) is 13.1 Å². The van der Waals surface area contributed by atoms with Crippen molar-refractivity contribution in [2.24, 2.45) is 0 Å². The van der Waals surface area contributed by atoms with Crippen LogP contribution in [0.5, 0.6) is 5.75 Å². The molecule has 2 N–H and O–H groups in total. The highest BCUT2D eigenvalue weighted by Gasteiger charge is 2.18. The maximum atomic E-state index is 11.9. The van der Waals surface area contributed by atoms with Crippen LogP contribution in [0.2, 0.25) is 0 Å². The Hall–Kier alpha value is -1.90. The number of carbonyl (C=O) groups excluding carboxylic acids is 1. The van der Waals surface area contributed by atoms with E-state index >= 15 is 0 Å². The monoisotopic (exact) mass is 339 g/mol. The first-order chi connectivity index (χ1) is 10.8. The van der Waals surface area contributed by atoms with Crippen molar-refractivity contribution in [3.05, 3.63) is 30.0 Å². The summed E-state index contributed by atoms with van der Waals surface area (Å²) >= 11 is 0. The molecule has 0 saturated carbocycles. The van der Waals surface area contributed by atoms with Crippen LogP contribution in [-0.4, -0.2) is 57.7 Å². The number of likely N-dealkylation sites (N-methyl/N-ethyl adjacent to an activating group) is 1. The van der Waals surface area contributed by atoms with Crippen LogP contribution >= 0.6 is 0 Å². The predicted molar refractivity (Wildman–Crippen MR) is 89.0 cm³/mol. The number of ether oxygens (including phenoxy) is 1. The van der Waals surface area contributed by atoms with Crippen LogP contribution in [0.25, 0.3) is 10.9 Å². The summed E-state index contributed by atoms with van der Waals surface area (Å²) in [4.78, 5) is 17.1. The molecule has 0 amide bonds. The van der Waals surface area contributed by atoms with Gasteiger partial charge >= 0.3 is 5.97 Å². The van der Waals surface area contributed by atoms with Gasteiger partial charge in [-0.05, 0) is 45.3 Å². The van der Waals surface area contributed by atoms with Crippen LogP contribution in [-0.2, 0) is 21.2 Å². The van der Waals surface area contributed by atoms with E-state index in [0.29, 0.717) is 5.75 Å². The molecule has 1 heterocycles. The first-order valence-corrected chi connectivity index (χ1v) is 8.83. The zero-order chi connectivity index (χ0) is 17.0. The zero-order valence-corrected chi connectivity index (χ0v) is 14.2. The summed E-state index contributed by atoms with van der Waals surface area (Å²) in [5.41, 5.74) is 1.87. The van der Waals surface area contributed by atoms with E-state index < -0.39 is 21.7 Å². The van der Waals surface area contributed by atoms with Gasteiger partial charge in [0, 0.05) is 23.6 Å². The molecule has 0 spiro atoms. The van der Waals surface area contributed by atoms with E-state index in [0.717, 1.165) is 29.4 Å². The number of fused-ring (bicyclic) bond motifs is 1. The molecular formula is C15H21N3O4S. The summed E-state index contributed by atoms with van der Waals surface area (Å²) in [7, 11) is 1.58. The highest BCUT2D eigenvalue weighted by molar-refractivity contribution is 7.90. The number of hydrogen-bond acceptors (Lipinski definition) is 5. The minimum absolute atomic E-state index is 0.369. The fourth-order valence-corrected chi connectivity index (χ4v) is 2.74. The van der Waals surface area contributed by atoms with Crippen LogP contribution in [0.4, 0.5) is 0 Å². The SMILES string of the molecule is CNS(=O)(=O)CC(=O)Oc1cccc2[nH]cc(CCN(C)C)c12. The second-order valence-electron chi connectivity index (χ2n) is 5.48. The molecule has 126 valence electrons. The molecule has 7 nitrogen and oxygen atoms in total. The molecule has 2 rings (SSSR count). The van der Waals surface area contributed by atoms with Crippen molar-refractivity contribution < 1.29 is 17.9 Å². The van der Waals surface area contributed by atoms with Gasteiger partial charge in [-0.3, -0.25) is 4.79 Å². The van der Waals surface area contributed by atoms with Crippen LogP contribution in [0, 0.1) is 0 Å². The number of aromatic amines is 1. The lowest BCUT2D eigenvalue weighted by Crippen LogP contribution is -2.29. The number of carbonyl (C=O) groups is 1. The Morgan fingerprint density at radius 1 is 1.35 bits per heavy atom. The van der Waals surface area contributed by atoms with Gasteiger partial charge < -0.3 is 14.6 Å². The number of rotatable bonds is 7. The minimum Gasteiger partial charge on any atom is -0.425 e. The topological polar surface area (TPSA) is 91.5 Å². The summed E-state index contributed by atoms with van der Waals surface area (Å²) in [5, 5.41) is 0.810. The van der Waals surface area contributed by atoms with E-state index in [9.17, 15) is 13.2 Å². The Kier molecular flexibility index (Phi) is 5.40. The first-order valence-electron chi connectivity index (χ1n) is 7.18. The summed E-state index contributed by atoms with van der Waals surface area (Å²) in [6, 6.07) is 5.30. The van der Waals surface area contributed by atoms with Crippen LogP contribution in [0.3, 0.4) is 0 Å². The molecule has 0 radical (unpaired) electrons. The second-order valence-corrected chi connectivity index (χ2v) is 7.41. The van der Waals surface area contributed by atoms with E-state index in [2.05, 4.69) is 14.6 Å². The van der Waals surface area contributed by atoms with Gasteiger partial charge in [0.25, 0.3) is 0 Å². The fraction of sp³-hybridized carbons (Fsp3) is 0.400. The summed E-state index contributed by atoms with van der Waals surface area (Å²) in [5.74, 6) is -1.16. The molecule has 0 atom stereocenters. The van der Waals surface area contributed by atoms with Gasteiger partial charge in [-0.15, -0.1) is 0 Å². The molecule has 0 fully saturated rings. The minimum atomic E-state index is -3.65. The lowest BCUT2D eigenvalue weighted by Gasteiger charge is -2.10. The fourth-order valence-electron chi connectivity index (χ4n) is 2.23. The van der Waals surface area contributed by atoms with Crippen molar-refractivity contribution in [1.82, 2.24) is 14.6 Å². The van der Waals surface area contributed by atoms with Gasteiger partial charge in [0.2, 0.25) is 10.0 Å². The lowest BCUT2D eigenvalue weighted by molar-refractivity contribution is -0.131. The van der Waals surface area contributed by atoms with Crippen molar-refractivity contribution in [3.63, 3.8) is 0 Å². The lowest BCUT2D eigenvalue weighted by atomic mass is 10.1. The maximum absolute atomic E-state index is 11.9. The third-order valence-electron chi connectivity index (χ3n) is 3.42. The number of aromatic nitrogens is 1. The molecule has 0 unspecified atom stereocenters. The van der Waals surface area contributed by atoms with Crippen molar-refractivity contribution >= 4 is 26.9 Å². The van der Waals surface area contributed by atoms with Crippen LogP contribution in [0.15, 0.2) is 24.4 Å². The molecule has 23 heavy (non-hydrogen) atoms. The second kappa shape index (κ2) is 7.12. The summed E-state index contributed by atoms with van der Waals surface area (Å²) in [6.45, 7) is 0.851. The largest absolute Gasteiger partial charge is 0.425 e. The molecular weight excluding hydrogens is 318 g/mol. The van der Waals surface area contributed by atoms with Gasteiger partial charge in [-0.2, -0.15) is 0 Å². The molecule has 0 aliphatic rings. The Morgan fingerprint density at radius 3 is 2.74 bits per heavy atom. The smallest absolute Gasteiger partial charge is 0.327 e. The quantitative estimate of drug-likeness (QED) is 0.573.